The van der Waals surface area contributed by atoms with Crippen molar-refractivity contribution in [2.24, 2.45) is 5.92 Å². The standard InChI is InChI=1S/C13H20N2O4S/c1-7-5-8(2)15(6-7)20(18,19)12-9(3)11(13(16)17)14-10(12)4/h7-8,14H,5-6H2,1-4H3,(H,16,17). The van der Waals surface area contributed by atoms with Gasteiger partial charge in [-0.15, -0.1) is 0 Å². The number of rotatable bonds is 3. The number of carboxylic acids is 1. The van der Waals surface area contributed by atoms with Crippen LogP contribution in [0.15, 0.2) is 4.90 Å². The Balaban J connectivity index is 2.53. The van der Waals surface area contributed by atoms with Crippen LogP contribution in [-0.2, 0) is 10.0 Å². The van der Waals surface area contributed by atoms with Crippen molar-refractivity contribution in [3.63, 3.8) is 0 Å². The number of hydrogen-bond acceptors (Lipinski definition) is 3. The van der Waals surface area contributed by atoms with E-state index in [1.165, 1.54) is 11.2 Å². The fourth-order valence-electron chi connectivity index (χ4n) is 3.05. The Hall–Kier alpha value is -1.34. The quantitative estimate of drug-likeness (QED) is 0.889. The molecule has 7 heteroatoms. The molecule has 112 valence electrons. The van der Waals surface area contributed by atoms with Gasteiger partial charge in [0.1, 0.15) is 10.6 Å². The molecule has 2 heterocycles. The molecule has 2 unspecified atom stereocenters. The van der Waals surface area contributed by atoms with E-state index in [0.717, 1.165) is 6.42 Å². The fraction of sp³-hybridized carbons (Fsp3) is 0.615. The zero-order chi connectivity index (χ0) is 15.2. The Morgan fingerprint density at radius 1 is 1.35 bits per heavy atom. The smallest absolute Gasteiger partial charge is 0.352 e. The number of nitrogens with one attached hydrogen (secondary N) is 1. The predicted molar refractivity (Wildman–Crippen MR) is 74.4 cm³/mol. The summed E-state index contributed by atoms with van der Waals surface area (Å²) in [7, 11) is -3.66. The number of aromatic nitrogens is 1. The number of hydrogen-bond donors (Lipinski definition) is 2. The molecule has 0 spiro atoms. The van der Waals surface area contributed by atoms with E-state index in [1.54, 1.807) is 6.92 Å². The van der Waals surface area contributed by atoms with E-state index in [4.69, 9.17) is 5.11 Å². The lowest BCUT2D eigenvalue weighted by molar-refractivity contribution is 0.0690. The van der Waals surface area contributed by atoms with Crippen LogP contribution in [0.25, 0.3) is 0 Å². The Bertz CT molecular complexity index is 648. The number of nitrogens with zero attached hydrogens (tertiary/aromatic N) is 1. The molecule has 0 aromatic carbocycles. The summed E-state index contributed by atoms with van der Waals surface area (Å²) in [6.07, 6.45) is 0.827. The normalized spacial score (nSPS) is 24.2. The van der Waals surface area contributed by atoms with Crippen molar-refractivity contribution in [3.8, 4) is 0 Å². The maximum Gasteiger partial charge on any atom is 0.352 e. The van der Waals surface area contributed by atoms with Crippen molar-refractivity contribution in [1.29, 1.82) is 0 Å². The minimum Gasteiger partial charge on any atom is -0.477 e. The molecule has 1 aromatic rings. The van der Waals surface area contributed by atoms with E-state index < -0.39 is 16.0 Å². The molecule has 1 aliphatic rings. The van der Waals surface area contributed by atoms with Crippen LogP contribution in [0.1, 0.15) is 42.0 Å². The molecule has 20 heavy (non-hydrogen) atoms. The number of aromatic carboxylic acids is 1. The lowest BCUT2D eigenvalue weighted by atomic mass is 10.1. The zero-order valence-electron chi connectivity index (χ0n) is 12.1. The minimum absolute atomic E-state index is 0.0547. The summed E-state index contributed by atoms with van der Waals surface area (Å²) in [5.41, 5.74) is 0.606. The molecule has 1 aliphatic heterocycles. The highest BCUT2D eigenvalue weighted by Gasteiger charge is 2.39. The highest BCUT2D eigenvalue weighted by atomic mass is 32.2. The maximum absolute atomic E-state index is 12.8. The summed E-state index contributed by atoms with van der Waals surface area (Å²) in [6, 6.07) is -0.0584. The molecule has 0 radical (unpaired) electrons. The largest absolute Gasteiger partial charge is 0.477 e. The molecule has 2 rings (SSSR count). The number of H-pyrrole nitrogens is 1. The van der Waals surface area contributed by atoms with E-state index in [1.807, 2.05) is 13.8 Å². The molecule has 1 aromatic heterocycles. The highest BCUT2D eigenvalue weighted by Crippen LogP contribution is 2.32. The first-order valence-electron chi connectivity index (χ1n) is 6.60. The SMILES string of the molecule is Cc1[nH]c(C(=O)O)c(C)c1S(=O)(=O)N1CC(C)CC1C. The van der Waals surface area contributed by atoms with Crippen LogP contribution in [0, 0.1) is 19.8 Å². The van der Waals surface area contributed by atoms with E-state index in [-0.39, 0.29) is 22.2 Å². The second-order valence-corrected chi connectivity index (χ2v) is 7.48. The Labute approximate surface area is 118 Å². The van der Waals surface area contributed by atoms with Crippen molar-refractivity contribution in [2.45, 2.75) is 45.1 Å². The van der Waals surface area contributed by atoms with Gasteiger partial charge in [-0.1, -0.05) is 6.92 Å². The molecular weight excluding hydrogens is 280 g/mol. The van der Waals surface area contributed by atoms with Gasteiger partial charge >= 0.3 is 5.97 Å². The lowest BCUT2D eigenvalue weighted by Crippen LogP contribution is -2.34. The Kier molecular flexibility index (Phi) is 3.68. The summed E-state index contributed by atoms with van der Waals surface area (Å²) in [6.45, 7) is 7.51. The molecular formula is C13H20N2O4S. The molecule has 1 fully saturated rings. The van der Waals surface area contributed by atoms with Crippen LogP contribution in [-0.4, -0.2) is 41.4 Å². The maximum atomic E-state index is 12.8. The third kappa shape index (κ3) is 2.25. The van der Waals surface area contributed by atoms with Gasteiger partial charge in [0.25, 0.3) is 0 Å². The van der Waals surface area contributed by atoms with Gasteiger partial charge in [0, 0.05) is 23.8 Å². The van der Waals surface area contributed by atoms with Crippen molar-refractivity contribution in [2.75, 3.05) is 6.54 Å². The minimum atomic E-state index is -3.66. The van der Waals surface area contributed by atoms with E-state index in [9.17, 15) is 13.2 Å². The van der Waals surface area contributed by atoms with Crippen molar-refractivity contribution < 1.29 is 18.3 Å². The number of aryl methyl sites for hydroxylation is 1. The topological polar surface area (TPSA) is 90.5 Å². The zero-order valence-corrected chi connectivity index (χ0v) is 12.9. The molecule has 2 N–H and O–H groups in total. The summed E-state index contributed by atoms with van der Waals surface area (Å²) < 4.78 is 27.0. The highest BCUT2D eigenvalue weighted by molar-refractivity contribution is 7.89. The van der Waals surface area contributed by atoms with Gasteiger partial charge < -0.3 is 10.1 Å². The monoisotopic (exact) mass is 300 g/mol. The van der Waals surface area contributed by atoms with Crippen LogP contribution in [0.4, 0.5) is 0 Å². The van der Waals surface area contributed by atoms with Crippen molar-refractivity contribution in [3.05, 3.63) is 17.0 Å². The molecule has 0 bridgehead atoms. The lowest BCUT2D eigenvalue weighted by Gasteiger charge is -2.21. The van der Waals surface area contributed by atoms with Gasteiger partial charge in [0.05, 0.1) is 0 Å². The van der Waals surface area contributed by atoms with Crippen LogP contribution in [0.5, 0.6) is 0 Å². The van der Waals surface area contributed by atoms with Gasteiger partial charge in [-0.3, -0.25) is 0 Å². The van der Waals surface area contributed by atoms with Gasteiger partial charge in [0.15, 0.2) is 0 Å². The molecule has 0 aliphatic carbocycles. The Morgan fingerprint density at radius 2 is 1.95 bits per heavy atom. The van der Waals surface area contributed by atoms with E-state index in [2.05, 4.69) is 4.98 Å². The molecule has 6 nitrogen and oxygen atoms in total. The average Bonchev–Trinajstić information content (AvgIpc) is 2.79. The predicted octanol–water partition coefficient (Wildman–Crippen LogP) is 1.75. The number of aromatic amines is 1. The van der Waals surface area contributed by atoms with Crippen LogP contribution in [0.2, 0.25) is 0 Å². The van der Waals surface area contributed by atoms with Crippen molar-refractivity contribution >= 4 is 16.0 Å². The number of carbonyl (C=O) groups is 1. The molecule has 2 atom stereocenters. The van der Waals surface area contributed by atoms with E-state index >= 15 is 0 Å². The first-order chi connectivity index (χ1) is 9.16. The summed E-state index contributed by atoms with van der Waals surface area (Å²) in [5.74, 6) is -0.826. The molecule has 0 amide bonds. The Morgan fingerprint density at radius 3 is 2.35 bits per heavy atom. The van der Waals surface area contributed by atoms with Gasteiger partial charge in [0.2, 0.25) is 10.0 Å². The van der Waals surface area contributed by atoms with Crippen LogP contribution >= 0.6 is 0 Å². The first kappa shape index (κ1) is 15.1. The summed E-state index contributed by atoms with van der Waals surface area (Å²) in [5, 5.41) is 9.09. The van der Waals surface area contributed by atoms with Gasteiger partial charge in [-0.2, -0.15) is 4.31 Å². The van der Waals surface area contributed by atoms with Crippen LogP contribution < -0.4 is 0 Å². The fourth-order valence-corrected chi connectivity index (χ4v) is 5.22. The number of carboxylic acid groups (broad SMARTS) is 1. The molecule has 1 saturated heterocycles. The third-order valence-corrected chi connectivity index (χ3v) is 6.13. The first-order valence-corrected chi connectivity index (χ1v) is 8.04. The molecule has 0 saturated carbocycles. The van der Waals surface area contributed by atoms with Gasteiger partial charge in [-0.25, -0.2) is 13.2 Å². The second kappa shape index (κ2) is 4.89. The average molecular weight is 300 g/mol. The third-order valence-electron chi connectivity index (χ3n) is 3.88. The van der Waals surface area contributed by atoms with Crippen LogP contribution in [0.3, 0.4) is 0 Å². The number of sulfonamides is 1. The van der Waals surface area contributed by atoms with Gasteiger partial charge in [-0.05, 0) is 33.1 Å². The second-order valence-electron chi connectivity index (χ2n) is 5.65. The van der Waals surface area contributed by atoms with E-state index in [0.29, 0.717) is 18.2 Å². The summed E-state index contributed by atoms with van der Waals surface area (Å²) >= 11 is 0. The summed E-state index contributed by atoms with van der Waals surface area (Å²) in [4.78, 5) is 13.9. The van der Waals surface area contributed by atoms with Crippen molar-refractivity contribution in [1.82, 2.24) is 9.29 Å².